The number of hydrogen-bond acceptors (Lipinski definition) is 0. The van der Waals surface area contributed by atoms with Crippen LogP contribution in [0.2, 0.25) is 5.82 Å². The van der Waals surface area contributed by atoms with Crippen molar-refractivity contribution in [1.82, 2.24) is 0 Å². The van der Waals surface area contributed by atoms with E-state index in [0.29, 0.717) is 0 Å². The van der Waals surface area contributed by atoms with Crippen molar-refractivity contribution >= 4 is 30.9 Å². The Morgan fingerprint density at radius 1 is 1.40 bits per heavy atom. The van der Waals surface area contributed by atoms with Gasteiger partial charge in [0.25, 0.3) is 0 Å². The Bertz CT molecular complexity index is 210. The van der Waals surface area contributed by atoms with Crippen LogP contribution in [0.5, 0.6) is 0 Å². The fraction of sp³-hybridized carbons (Fsp3) is 0.250. The Morgan fingerprint density at radius 2 is 2.10 bits per heavy atom. The second kappa shape index (κ2) is 4.17. The van der Waals surface area contributed by atoms with Crippen LogP contribution in [-0.4, -0.2) is 15.0 Å². The van der Waals surface area contributed by atoms with Gasteiger partial charge in [-0.3, -0.25) is 0 Å². The Balaban J connectivity index is 2.81. The maximum atomic E-state index is 3.51. The molecule has 0 aliphatic carbocycles. The van der Waals surface area contributed by atoms with Gasteiger partial charge in [-0.05, 0) is 0 Å². The molecule has 0 heterocycles. The molecule has 1 rings (SSSR count). The molecule has 54 valence electrons. The van der Waals surface area contributed by atoms with Gasteiger partial charge in [0.15, 0.2) is 0 Å². The molecule has 0 unspecified atom stereocenters. The SMILES string of the molecule is C[Se]Cc1ccccc1Br. The summed E-state index contributed by atoms with van der Waals surface area (Å²) in [6.07, 6.45) is 0. The molecule has 0 bridgehead atoms. The summed E-state index contributed by atoms with van der Waals surface area (Å²) >= 11 is 4.25. The molecule has 0 saturated heterocycles. The first-order valence-corrected chi connectivity index (χ1v) is 6.78. The summed E-state index contributed by atoms with van der Waals surface area (Å²) < 4.78 is 1.25. The normalized spacial score (nSPS) is 9.80. The van der Waals surface area contributed by atoms with Gasteiger partial charge in [-0.15, -0.1) is 0 Å². The molecule has 0 aromatic heterocycles. The zero-order valence-corrected chi connectivity index (χ0v) is 9.10. The Hall–Kier alpha value is 0.219. The number of rotatable bonds is 2. The zero-order valence-electron chi connectivity index (χ0n) is 5.80. The molecule has 0 radical (unpaired) electrons. The van der Waals surface area contributed by atoms with Crippen molar-refractivity contribution in [1.29, 1.82) is 0 Å². The van der Waals surface area contributed by atoms with Crippen molar-refractivity contribution < 1.29 is 0 Å². The van der Waals surface area contributed by atoms with Gasteiger partial charge in [0, 0.05) is 0 Å². The summed E-state index contributed by atoms with van der Waals surface area (Å²) in [5, 5.41) is 1.23. The van der Waals surface area contributed by atoms with E-state index in [1.165, 1.54) is 15.4 Å². The van der Waals surface area contributed by atoms with Crippen LogP contribution < -0.4 is 0 Å². The van der Waals surface area contributed by atoms with E-state index in [0.717, 1.165) is 15.0 Å². The minimum absolute atomic E-state index is 0.740. The average molecular weight is 264 g/mol. The zero-order chi connectivity index (χ0) is 7.40. The van der Waals surface area contributed by atoms with Crippen LogP contribution in [-0.2, 0) is 5.32 Å². The molecule has 0 N–H and O–H groups in total. The summed E-state index contributed by atoms with van der Waals surface area (Å²) in [6, 6.07) is 8.42. The fourth-order valence-corrected chi connectivity index (χ4v) is 2.79. The van der Waals surface area contributed by atoms with Crippen LogP contribution >= 0.6 is 15.9 Å². The molecule has 0 fully saturated rings. The number of hydrogen-bond donors (Lipinski definition) is 0. The first-order valence-electron chi connectivity index (χ1n) is 3.07. The van der Waals surface area contributed by atoms with E-state index in [2.05, 4.69) is 46.0 Å². The summed E-state index contributed by atoms with van der Waals surface area (Å²) in [4.78, 5) is 0. The quantitative estimate of drug-likeness (QED) is 0.720. The van der Waals surface area contributed by atoms with Crippen molar-refractivity contribution in [2.45, 2.75) is 11.1 Å². The fourth-order valence-electron chi connectivity index (χ4n) is 0.771. The Labute approximate surface area is 76.3 Å². The van der Waals surface area contributed by atoms with E-state index in [4.69, 9.17) is 0 Å². The van der Waals surface area contributed by atoms with E-state index in [-0.39, 0.29) is 0 Å². The molecule has 0 aliphatic rings. The number of halogens is 1. The second-order valence-electron chi connectivity index (χ2n) is 2.02. The molecule has 0 amide bonds. The molecule has 0 spiro atoms. The van der Waals surface area contributed by atoms with Gasteiger partial charge in [-0.1, -0.05) is 0 Å². The van der Waals surface area contributed by atoms with Crippen molar-refractivity contribution in [2.24, 2.45) is 0 Å². The van der Waals surface area contributed by atoms with E-state index in [1.54, 1.807) is 0 Å². The predicted octanol–water partition coefficient (Wildman–Crippen LogP) is 2.70. The van der Waals surface area contributed by atoms with Gasteiger partial charge in [0.1, 0.15) is 0 Å². The molecule has 1 aromatic rings. The number of benzene rings is 1. The first kappa shape index (κ1) is 8.32. The third-order valence-electron chi connectivity index (χ3n) is 1.26. The standard InChI is InChI=1S/C8H9BrSe/c1-10-6-7-4-2-3-5-8(7)9/h2-5H,6H2,1H3. The summed E-state index contributed by atoms with van der Waals surface area (Å²) in [5.74, 6) is 2.26. The van der Waals surface area contributed by atoms with E-state index < -0.39 is 0 Å². The summed E-state index contributed by atoms with van der Waals surface area (Å²) in [7, 11) is 0. The van der Waals surface area contributed by atoms with Crippen LogP contribution in [0.4, 0.5) is 0 Å². The molecule has 2 heteroatoms. The van der Waals surface area contributed by atoms with E-state index in [1.807, 2.05) is 0 Å². The summed E-state index contributed by atoms with van der Waals surface area (Å²) in [5.41, 5.74) is 1.44. The third kappa shape index (κ3) is 2.12. The molecular weight excluding hydrogens is 255 g/mol. The van der Waals surface area contributed by atoms with Gasteiger partial charge >= 0.3 is 76.3 Å². The van der Waals surface area contributed by atoms with Crippen LogP contribution in [0.25, 0.3) is 0 Å². The summed E-state index contributed by atoms with van der Waals surface area (Å²) in [6.45, 7) is 0. The van der Waals surface area contributed by atoms with Crippen LogP contribution in [0.1, 0.15) is 5.56 Å². The molecular formula is C8H9BrSe. The first-order chi connectivity index (χ1) is 4.84. The van der Waals surface area contributed by atoms with Gasteiger partial charge in [-0.2, -0.15) is 0 Å². The molecule has 0 saturated carbocycles. The van der Waals surface area contributed by atoms with Gasteiger partial charge in [0.05, 0.1) is 0 Å². The van der Waals surface area contributed by atoms with E-state index >= 15 is 0 Å². The molecule has 0 nitrogen and oxygen atoms in total. The van der Waals surface area contributed by atoms with Gasteiger partial charge < -0.3 is 0 Å². The van der Waals surface area contributed by atoms with Crippen molar-refractivity contribution in [2.75, 3.05) is 0 Å². The topological polar surface area (TPSA) is 0 Å². The van der Waals surface area contributed by atoms with Crippen LogP contribution in [0.15, 0.2) is 28.7 Å². The van der Waals surface area contributed by atoms with Crippen molar-refractivity contribution in [3.63, 3.8) is 0 Å². The Morgan fingerprint density at radius 3 is 2.70 bits per heavy atom. The Kier molecular flexibility index (Phi) is 3.47. The van der Waals surface area contributed by atoms with Crippen molar-refractivity contribution in [3.05, 3.63) is 34.3 Å². The van der Waals surface area contributed by atoms with Crippen LogP contribution in [0.3, 0.4) is 0 Å². The molecule has 10 heavy (non-hydrogen) atoms. The molecule has 0 atom stereocenters. The third-order valence-corrected chi connectivity index (χ3v) is 3.29. The molecule has 0 aliphatic heterocycles. The monoisotopic (exact) mass is 264 g/mol. The van der Waals surface area contributed by atoms with Crippen molar-refractivity contribution in [3.8, 4) is 0 Å². The van der Waals surface area contributed by atoms with Crippen LogP contribution in [0, 0.1) is 0 Å². The predicted molar refractivity (Wildman–Crippen MR) is 49.5 cm³/mol. The minimum atomic E-state index is 0.740. The van der Waals surface area contributed by atoms with E-state index in [9.17, 15) is 0 Å². The second-order valence-corrected chi connectivity index (χ2v) is 4.70. The van der Waals surface area contributed by atoms with Gasteiger partial charge in [0.2, 0.25) is 0 Å². The van der Waals surface area contributed by atoms with Gasteiger partial charge in [-0.25, -0.2) is 0 Å². The maximum absolute atomic E-state index is 3.51. The molecule has 1 aromatic carbocycles. The average Bonchev–Trinajstić information content (AvgIpc) is 1.94.